The van der Waals surface area contributed by atoms with Crippen LogP contribution in [-0.2, 0) is 36.3 Å². The highest BCUT2D eigenvalue weighted by molar-refractivity contribution is 8.13. The summed E-state index contributed by atoms with van der Waals surface area (Å²) in [5.74, 6) is 1.38. The summed E-state index contributed by atoms with van der Waals surface area (Å²) < 4.78 is 54.0. The number of oxime groups is 1. The van der Waals surface area contributed by atoms with Crippen molar-refractivity contribution in [1.82, 2.24) is 0 Å². The Labute approximate surface area is 170 Å². The summed E-state index contributed by atoms with van der Waals surface area (Å²) in [6.07, 6.45) is 9.04. The normalized spacial score (nSPS) is 13.8. The topological polar surface area (TPSA) is 122 Å². The molecule has 2 unspecified atom stereocenters. The number of rotatable bonds is 12. The molecule has 0 aromatic heterocycles. The molecular formula is C13H26N2O6S5. The second-order valence-corrected chi connectivity index (χ2v) is 10.1. The fraction of sp³-hybridized carbons (Fsp3) is 0.846. The molecule has 0 spiro atoms. The van der Waals surface area contributed by atoms with Crippen molar-refractivity contribution in [3.8, 4) is 0 Å². The zero-order chi connectivity index (χ0) is 20.4. The van der Waals surface area contributed by atoms with Crippen LogP contribution in [0.15, 0.2) is 10.1 Å². The van der Waals surface area contributed by atoms with Gasteiger partial charge in [0.1, 0.15) is 5.04 Å². The van der Waals surface area contributed by atoms with Gasteiger partial charge in [0.2, 0.25) is 0 Å². The number of hydrogen-bond acceptors (Lipinski definition) is 9. The van der Waals surface area contributed by atoms with Gasteiger partial charge >= 0.3 is 10.4 Å². The van der Waals surface area contributed by atoms with Crippen molar-refractivity contribution in [2.45, 2.75) is 32.1 Å². The Balaban J connectivity index is 0. The predicted octanol–water partition coefficient (Wildman–Crippen LogP) is 2.28. The van der Waals surface area contributed by atoms with E-state index < -0.39 is 32.0 Å². The number of isothiocyanates is 1. The van der Waals surface area contributed by atoms with Crippen molar-refractivity contribution >= 4 is 66.2 Å². The summed E-state index contributed by atoms with van der Waals surface area (Å²) in [7, 11) is -6.00. The molecule has 0 heterocycles. The highest BCUT2D eigenvalue weighted by atomic mass is 32.3. The predicted molar refractivity (Wildman–Crippen MR) is 114 cm³/mol. The minimum absolute atomic E-state index is 0.472. The number of thiocarbonyl (C=S) groups is 1. The van der Waals surface area contributed by atoms with E-state index in [1.54, 1.807) is 18.8 Å². The Morgan fingerprint density at radius 2 is 1.69 bits per heavy atom. The lowest BCUT2D eigenvalue weighted by Crippen LogP contribution is -2.02. The Kier molecular flexibility index (Phi) is 19.6. The van der Waals surface area contributed by atoms with Gasteiger partial charge in [-0.2, -0.15) is 8.42 Å². The average Bonchev–Trinajstić information content (AvgIpc) is 2.53. The molecule has 154 valence electrons. The van der Waals surface area contributed by atoms with Crippen LogP contribution < -0.4 is 0 Å². The summed E-state index contributed by atoms with van der Waals surface area (Å²) >= 11 is 5.62. The molecule has 2 atom stereocenters. The molecule has 26 heavy (non-hydrogen) atoms. The lowest BCUT2D eigenvalue weighted by atomic mass is 10.3. The fourth-order valence-corrected chi connectivity index (χ4v) is 3.40. The number of thioether (sulfide) groups is 1. The van der Waals surface area contributed by atoms with E-state index >= 15 is 0 Å². The van der Waals surface area contributed by atoms with Gasteiger partial charge in [-0.05, 0) is 50.6 Å². The van der Waals surface area contributed by atoms with Gasteiger partial charge in [0.25, 0.3) is 0 Å². The van der Waals surface area contributed by atoms with E-state index in [9.17, 15) is 16.8 Å². The molecule has 0 bridgehead atoms. The summed E-state index contributed by atoms with van der Waals surface area (Å²) in [5, 5.41) is 6.06. The molecule has 0 aromatic carbocycles. The standard InChI is InChI=1S/C7H15NO5S3.C6H11NOS2/c1-14-7(8-13-16(10,11)12)5-3-4-6-15(2)9;1-10(8)5-3-2-4-7-6-9/h3-6H2,1-2H3,(H,10,11,12);2-5H2,1H3. The second kappa shape index (κ2) is 18.2. The average molecular weight is 467 g/mol. The highest BCUT2D eigenvalue weighted by Crippen LogP contribution is 2.09. The maximum atomic E-state index is 10.8. The van der Waals surface area contributed by atoms with Crippen molar-refractivity contribution in [3.63, 3.8) is 0 Å². The lowest BCUT2D eigenvalue weighted by Gasteiger charge is -2.01. The van der Waals surface area contributed by atoms with E-state index in [0.29, 0.717) is 17.2 Å². The molecule has 0 rings (SSSR count). The molecule has 8 nitrogen and oxygen atoms in total. The molecular weight excluding hydrogens is 440 g/mol. The summed E-state index contributed by atoms with van der Waals surface area (Å²) in [5.41, 5.74) is 0. The zero-order valence-electron chi connectivity index (χ0n) is 15.1. The zero-order valence-corrected chi connectivity index (χ0v) is 19.2. The van der Waals surface area contributed by atoms with Gasteiger partial charge in [-0.15, -0.1) is 11.8 Å². The van der Waals surface area contributed by atoms with Crippen LogP contribution >= 0.6 is 24.0 Å². The molecule has 0 radical (unpaired) electrons. The Hall–Kier alpha value is -0.170. The monoisotopic (exact) mass is 466 g/mol. The number of aliphatic imine (C=N–C) groups is 1. The van der Waals surface area contributed by atoms with E-state index in [-0.39, 0.29) is 0 Å². The van der Waals surface area contributed by atoms with E-state index in [1.165, 1.54) is 11.8 Å². The Morgan fingerprint density at radius 3 is 2.12 bits per heavy atom. The number of hydrogen-bond donors (Lipinski definition) is 1. The van der Waals surface area contributed by atoms with Gasteiger partial charge in [0.15, 0.2) is 0 Å². The largest absolute Gasteiger partial charge is 0.466 e. The minimum atomic E-state index is -4.52. The minimum Gasteiger partial charge on any atom is -0.260 e. The fourth-order valence-electron chi connectivity index (χ4n) is 1.40. The molecule has 0 aromatic rings. The van der Waals surface area contributed by atoms with Crippen LogP contribution in [0.1, 0.15) is 32.1 Å². The van der Waals surface area contributed by atoms with Gasteiger partial charge in [0.05, 0.1) is 5.16 Å². The third-order valence-corrected chi connectivity index (χ3v) is 5.43. The number of nitrogens with zero attached hydrogens (tertiary/aromatic N) is 2. The van der Waals surface area contributed by atoms with E-state index in [0.717, 1.165) is 38.0 Å². The molecule has 13 heteroatoms. The van der Waals surface area contributed by atoms with Gasteiger partial charge in [-0.25, -0.2) is 9.28 Å². The third kappa shape index (κ3) is 26.1. The SMILES string of the molecule is CS(=O)CCCCN=C=S.CSC(CCCCS(C)=O)=NOS(=O)(=O)O. The van der Waals surface area contributed by atoms with Crippen molar-refractivity contribution in [2.24, 2.45) is 10.1 Å². The van der Waals surface area contributed by atoms with Crippen LogP contribution in [-0.4, -0.2) is 68.4 Å². The first-order valence-electron chi connectivity index (χ1n) is 7.53. The van der Waals surface area contributed by atoms with Gasteiger partial charge in [0, 0.05) is 52.2 Å². The van der Waals surface area contributed by atoms with Crippen LogP contribution in [0.25, 0.3) is 0 Å². The third-order valence-electron chi connectivity index (χ3n) is 2.56. The number of unbranched alkanes of at least 4 members (excludes halogenated alkanes) is 2. The van der Waals surface area contributed by atoms with E-state index in [2.05, 4.69) is 31.8 Å². The maximum absolute atomic E-state index is 10.8. The first kappa shape index (κ1) is 28.0. The lowest BCUT2D eigenvalue weighted by molar-refractivity contribution is 0.282. The molecule has 0 fully saturated rings. The summed E-state index contributed by atoms with van der Waals surface area (Å²) in [6, 6.07) is 0. The first-order chi connectivity index (χ1) is 12.1. The highest BCUT2D eigenvalue weighted by Gasteiger charge is 2.05. The van der Waals surface area contributed by atoms with E-state index in [1.807, 2.05) is 0 Å². The second-order valence-electron chi connectivity index (χ2n) is 4.88. The van der Waals surface area contributed by atoms with Crippen LogP contribution in [0.4, 0.5) is 0 Å². The smallest absolute Gasteiger partial charge is 0.260 e. The molecule has 0 aliphatic rings. The van der Waals surface area contributed by atoms with Crippen LogP contribution in [0.3, 0.4) is 0 Å². The summed E-state index contributed by atoms with van der Waals surface area (Å²) in [6.45, 7) is 0.723. The summed E-state index contributed by atoms with van der Waals surface area (Å²) in [4.78, 5) is 3.73. The van der Waals surface area contributed by atoms with Crippen molar-refractivity contribution in [3.05, 3.63) is 0 Å². The molecule has 1 N–H and O–H groups in total. The Bertz CT molecular complexity index is 598. The van der Waals surface area contributed by atoms with Crippen molar-refractivity contribution < 1.29 is 25.7 Å². The van der Waals surface area contributed by atoms with Crippen molar-refractivity contribution in [2.75, 3.05) is 36.8 Å². The molecule has 0 aliphatic carbocycles. The molecule has 0 saturated heterocycles. The Morgan fingerprint density at radius 1 is 1.15 bits per heavy atom. The van der Waals surface area contributed by atoms with Gasteiger partial charge in [-0.1, -0.05) is 5.16 Å². The molecule has 0 amide bonds. The van der Waals surface area contributed by atoms with Crippen LogP contribution in [0.2, 0.25) is 0 Å². The maximum Gasteiger partial charge on any atom is 0.466 e. The van der Waals surface area contributed by atoms with Gasteiger partial charge < -0.3 is 0 Å². The van der Waals surface area contributed by atoms with Crippen LogP contribution in [0.5, 0.6) is 0 Å². The molecule has 0 saturated carbocycles. The van der Waals surface area contributed by atoms with E-state index in [4.69, 9.17) is 4.55 Å². The van der Waals surface area contributed by atoms with Crippen molar-refractivity contribution in [1.29, 1.82) is 0 Å². The van der Waals surface area contributed by atoms with Gasteiger partial charge in [-0.3, -0.25) is 13.0 Å². The molecule has 0 aliphatic heterocycles. The van der Waals surface area contributed by atoms with Crippen LogP contribution in [0, 0.1) is 0 Å². The first-order valence-corrected chi connectivity index (χ1v) is 14.0. The quantitative estimate of drug-likeness (QED) is 0.116.